The number of pyridine rings is 1. The summed E-state index contributed by atoms with van der Waals surface area (Å²) < 4.78 is 25.2. The van der Waals surface area contributed by atoms with Crippen LogP contribution in [0, 0.1) is 28.6 Å². The van der Waals surface area contributed by atoms with E-state index in [1.165, 1.54) is 12.1 Å². The van der Waals surface area contributed by atoms with Crippen LogP contribution in [0.2, 0.25) is 0 Å². The lowest BCUT2D eigenvalue weighted by molar-refractivity contribution is 0.174. The fourth-order valence-electron chi connectivity index (χ4n) is 2.95. The summed E-state index contributed by atoms with van der Waals surface area (Å²) >= 11 is 0. The average Bonchev–Trinajstić information content (AvgIpc) is 3.08. The summed E-state index contributed by atoms with van der Waals surface area (Å²) in [6.07, 6.45) is 1.72. The zero-order valence-electron chi connectivity index (χ0n) is 13.6. The Balaban J connectivity index is 1.96. The minimum Gasteiger partial charge on any atom is -0.454 e. The number of ether oxygens (including phenoxy) is 2. The molecule has 0 spiro atoms. The minimum absolute atomic E-state index is 0.0225. The van der Waals surface area contributed by atoms with E-state index >= 15 is 0 Å². The molecular weight excluding hydrogens is 355 g/mol. The Bertz CT molecular complexity index is 1090. The normalized spacial score (nSPS) is 16.4. The van der Waals surface area contributed by atoms with Crippen LogP contribution in [-0.4, -0.2) is 17.7 Å². The molecule has 0 bridgehead atoms. The first kappa shape index (κ1) is 16.2. The molecule has 2 aromatic rings. The molecule has 2 aliphatic heterocycles. The highest BCUT2D eigenvalue weighted by Gasteiger charge is 2.32. The van der Waals surface area contributed by atoms with Gasteiger partial charge in [0.1, 0.15) is 35.1 Å². The maximum Gasteiger partial charge on any atom is 0.231 e. The van der Waals surface area contributed by atoms with Gasteiger partial charge in [0.25, 0.3) is 0 Å². The highest BCUT2D eigenvalue weighted by molar-refractivity contribution is 5.98. The van der Waals surface area contributed by atoms with Crippen molar-refractivity contribution in [1.29, 1.82) is 10.5 Å². The predicted octanol–water partition coefficient (Wildman–Crippen LogP) is 0.927. The molecule has 11 heteroatoms. The smallest absolute Gasteiger partial charge is 0.231 e. The van der Waals surface area contributed by atoms with Gasteiger partial charge in [-0.25, -0.2) is 14.4 Å². The molecule has 2 aliphatic rings. The van der Waals surface area contributed by atoms with Crippen LogP contribution in [0.3, 0.4) is 0 Å². The van der Waals surface area contributed by atoms with Gasteiger partial charge in [0, 0.05) is 17.2 Å². The zero-order chi connectivity index (χ0) is 19.1. The zero-order valence-corrected chi connectivity index (χ0v) is 13.6. The fraction of sp³-hybridized carbons (Fsp3) is 0.125. The Labute approximate surface area is 151 Å². The number of aromatic nitrogens is 1. The Hall–Kier alpha value is -4.25. The van der Waals surface area contributed by atoms with E-state index in [1.54, 1.807) is 6.19 Å². The summed E-state index contributed by atoms with van der Waals surface area (Å²) in [5.74, 6) is 0.1000. The quantitative estimate of drug-likeness (QED) is 0.424. The van der Waals surface area contributed by atoms with Crippen LogP contribution in [0.5, 0.6) is 11.5 Å². The molecule has 0 amide bonds. The lowest BCUT2D eigenvalue weighted by Crippen LogP contribution is -2.33. The largest absolute Gasteiger partial charge is 0.454 e. The van der Waals surface area contributed by atoms with Crippen molar-refractivity contribution in [1.82, 2.24) is 10.3 Å². The van der Waals surface area contributed by atoms with Gasteiger partial charge in [0.05, 0.1) is 5.69 Å². The maximum absolute atomic E-state index is 14.8. The van der Waals surface area contributed by atoms with Crippen LogP contribution >= 0.6 is 0 Å². The first-order chi connectivity index (χ1) is 13.0. The van der Waals surface area contributed by atoms with Crippen molar-refractivity contribution in [2.24, 2.45) is 4.99 Å². The van der Waals surface area contributed by atoms with E-state index in [2.05, 4.69) is 20.6 Å². The second-order valence-corrected chi connectivity index (χ2v) is 5.63. The lowest BCUT2D eigenvalue weighted by Gasteiger charge is -2.26. The summed E-state index contributed by atoms with van der Waals surface area (Å²) in [4.78, 5) is 8.41. The Morgan fingerprint density at radius 2 is 2.00 bits per heavy atom. The predicted molar refractivity (Wildman–Crippen MR) is 91.9 cm³/mol. The van der Waals surface area contributed by atoms with E-state index in [-0.39, 0.29) is 52.5 Å². The molecule has 0 radical (unpaired) electrons. The second kappa shape index (κ2) is 5.93. The molecule has 0 saturated carbocycles. The van der Waals surface area contributed by atoms with Crippen molar-refractivity contribution in [3.05, 3.63) is 34.6 Å². The third kappa shape index (κ3) is 2.46. The van der Waals surface area contributed by atoms with E-state index in [0.29, 0.717) is 5.75 Å². The number of nitrogens with two attached hydrogens (primary N) is 2. The van der Waals surface area contributed by atoms with Gasteiger partial charge in [-0.1, -0.05) is 0 Å². The number of nitriles is 2. The number of nitrogen functional groups attached to an aromatic ring is 2. The summed E-state index contributed by atoms with van der Waals surface area (Å²) in [6, 6.07) is 3.51. The highest BCUT2D eigenvalue weighted by Crippen LogP contribution is 2.44. The fourth-order valence-corrected chi connectivity index (χ4v) is 2.95. The first-order valence-electron chi connectivity index (χ1n) is 7.61. The second-order valence-electron chi connectivity index (χ2n) is 5.63. The van der Waals surface area contributed by atoms with Crippen LogP contribution < -0.4 is 31.6 Å². The third-order valence-electron chi connectivity index (χ3n) is 4.14. The molecule has 27 heavy (non-hydrogen) atoms. The Kier molecular flexibility index (Phi) is 3.56. The lowest BCUT2D eigenvalue weighted by atomic mass is 9.94. The number of aliphatic imine (C=N–C) groups is 1. The van der Waals surface area contributed by atoms with Gasteiger partial charge < -0.3 is 26.3 Å². The molecule has 1 aromatic carbocycles. The number of rotatable bonds is 1. The van der Waals surface area contributed by atoms with E-state index < -0.39 is 11.9 Å². The number of anilines is 3. The molecule has 3 heterocycles. The number of hydrogen-bond acceptors (Lipinski definition) is 10. The van der Waals surface area contributed by atoms with Gasteiger partial charge in [-0.3, -0.25) is 5.32 Å². The monoisotopic (exact) mass is 366 g/mol. The Morgan fingerprint density at radius 1 is 1.26 bits per heavy atom. The number of nitrogens with one attached hydrogen (secondary N) is 2. The molecule has 10 nitrogen and oxygen atoms in total. The molecule has 0 fully saturated rings. The molecule has 4 rings (SSSR count). The van der Waals surface area contributed by atoms with E-state index in [0.717, 1.165) is 0 Å². The van der Waals surface area contributed by atoms with Gasteiger partial charge in [0.15, 0.2) is 17.7 Å². The summed E-state index contributed by atoms with van der Waals surface area (Å²) in [5.41, 5.74) is 12.3. The van der Waals surface area contributed by atoms with Gasteiger partial charge in [-0.15, -0.1) is 0 Å². The molecule has 1 aromatic heterocycles. The topological polar surface area (TPSA) is 167 Å². The van der Waals surface area contributed by atoms with Gasteiger partial charge in [0.2, 0.25) is 12.8 Å². The van der Waals surface area contributed by atoms with Crippen molar-refractivity contribution >= 4 is 23.3 Å². The van der Waals surface area contributed by atoms with Crippen LogP contribution in [0.25, 0.3) is 0 Å². The number of guanidine groups is 1. The maximum atomic E-state index is 14.8. The third-order valence-corrected chi connectivity index (χ3v) is 4.14. The van der Waals surface area contributed by atoms with Crippen molar-refractivity contribution < 1.29 is 13.9 Å². The number of halogens is 1. The molecular formula is C16H11FN8O2. The van der Waals surface area contributed by atoms with E-state index in [9.17, 15) is 9.65 Å². The number of nitrogens with zero attached hydrogens (tertiary/aromatic N) is 4. The molecule has 1 atom stereocenters. The molecule has 6 N–H and O–H groups in total. The van der Waals surface area contributed by atoms with E-state index in [1.807, 2.05) is 6.07 Å². The van der Waals surface area contributed by atoms with Crippen molar-refractivity contribution in [2.75, 3.05) is 23.6 Å². The van der Waals surface area contributed by atoms with Gasteiger partial charge >= 0.3 is 0 Å². The summed E-state index contributed by atoms with van der Waals surface area (Å²) in [7, 11) is 0. The molecule has 0 saturated heterocycles. The molecule has 0 aliphatic carbocycles. The van der Waals surface area contributed by atoms with Crippen LogP contribution in [0.4, 0.5) is 21.7 Å². The number of fused-ring (bicyclic) bond motifs is 2. The van der Waals surface area contributed by atoms with Crippen molar-refractivity contribution in [3.8, 4) is 23.8 Å². The van der Waals surface area contributed by atoms with Crippen LogP contribution in [0.15, 0.2) is 17.1 Å². The van der Waals surface area contributed by atoms with Crippen molar-refractivity contribution in [3.63, 3.8) is 0 Å². The standard InChI is InChI=1S/C16H11FN8O2/c17-8-2-10-9(26-5-27-10)1-6(8)13-11-12(20)7(3-18)14(21)24-15(11)25-16(23-13)22-4-19/h1-2,13H,5H2,(H6,20,21,22,23,24,25). The summed E-state index contributed by atoms with van der Waals surface area (Å²) in [6.45, 7) is -0.0235. The first-order valence-corrected chi connectivity index (χ1v) is 7.61. The molecule has 134 valence electrons. The van der Waals surface area contributed by atoms with Gasteiger partial charge in [-0.05, 0) is 6.07 Å². The van der Waals surface area contributed by atoms with Gasteiger partial charge in [-0.2, -0.15) is 10.5 Å². The van der Waals surface area contributed by atoms with Crippen LogP contribution in [-0.2, 0) is 0 Å². The average molecular weight is 366 g/mol. The number of hydrogen-bond donors (Lipinski definition) is 4. The Morgan fingerprint density at radius 3 is 2.70 bits per heavy atom. The molecule has 1 unspecified atom stereocenters. The van der Waals surface area contributed by atoms with Crippen molar-refractivity contribution in [2.45, 2.75) is 6.04 Å². The highest BCUT2D eigenvalue weighted by atomic mass is 19.1. The SMILES string of the molecule is N#CNC1=NC(c2cc3c(cc2F)OCO3)c2c(nc(N)c(C#N)c2N)N1. The van der Waals surface area contributed by atoms with E-state index in [4.69, 9.17) is 26.2 Å². The minimum atomic E-state index is -0.994. The number of benzene rings is 1. The van der Waals surface area contributed by atoms with Crippen LogP contribution in [0.1, 0.15) is 22.7 Å². The summed E-state index contributed by atoms with van der Waals surface area (Å²) in [5, 5.41) is 23.3.